The number of rotatable bonds is 4. The van der Waals surface area contributed by atoms with Gasteiger partial charge in [-0.2, -0.15) is 0 Å². The number of hydrogen-bond donors (Lipinski definition) is 2. The number of nitrogens with zero attached hydrogens (tertiary/aromatic N) is 2. The molecule has 0 spiro atoms. The first-order chi connectivity index (χ1) is 7.38. The molecule has 15 heavy (non-hydrogen) atoms. The number of anilines is 1. The van der Waals surface area contributed by atoms with E-state index in [-0.39, 0.29) is 6.10 Å². The number of ether oxygens (including phenoxy) is 2. The van der Waals surface area contributed by atoms with Crippen LogP contribution in [0.3, 0.4) is 0 Å². The van der Waals surface area contributed by atoms with Gasteiger partial charge in [0.2, 0.25) is 5.88 Å². The van der Waals surface area contributed by atoms with Gasteiger partial charge in [0.1, 0.15) is 18.8 Å². The Labute approximate surface area is 87.8 Å². The van der Waals surface area contributed by atoms with E-state index in [1.54, 1.807) is 6.07 Å². The van der Waals surface area contributed by atoms with E-state index in [9.17, 15) is 0 Å². The lowest BCUT2D eigenvalue weighted by atomic mass is 10.2. The highest BCUT2D eigenvalue weighted by molar-refractivity contribution is 5.35. The lowest BCUT2D eigenvalue weighted by Gasteiger charge is -2.10. The smallest absolute Gasteiger partial charge is 0.218 e. The quantitative estimate of drug-likeness (QED) is 0.550. The van der Waals surface area contributed by atoms with E-state index in [1.807, 2.05) is 0 Å². The second-order valence-corrected chi connectivity index (χ2v) is 3.33. The van der Waals surface area contributed by atoms with Crippen LogP contribution in [0.1, 0.15) is 12.8 Å². The lowest BCUT2D eigenvalue weighted by molar-refractivity contribution is 0.0663. The molecular formula is C9H14N4O2. The average molecular weight is 210 g/mol. The number of nitrogen functional groups attached to an aromatic ring is 1. The van der Waals surface area contributed by atoms with Gasteiger partial charge in [-0.05, 0) is 12.8 Å². The molecule has 1 aromatic rings. The molecule has 0 bridgehead atoms. The molecule has 0 aliphatic carbocycles. The molecule has 3 N–H and O–H groups in total. The summed E-state index contributed by atoms with van der Waals surface area (Å²) >= 11 is 0. The molecule has 1 aliphatic rings. The van der Waals surface area contributed by atoms with Gasteiger partial charge in [0.05, 0.1) is 6.10 Å². The first-order valence-corrected chi connectivity index (χ1v) is 4.91. The van der Waals surface area contributed by atoms with Gasteiger partial charge in [0.25, 0.3) is 0 Å². The van der Waals surface area contributed by atoms with Crippen LogP contribution in [-0.4, -0.2) is 29.3 Å². The van der Waals surface area contributed by atoms with Crippen molar-refractivity contribution in [3.8, 4) is 5.88 Å². The summed E-state index contributed by atoms with van der Waals surface area (Å²) in [5.41, 5.74) is 2.43. The number of hydrogen-bond acceptors (Lipinski definition) is 6. The Kier molecular flexibility index (Phi) is 3.31. The van der Waals surface area contributed by atoms with Crippen molar-refractivity contribution in [2.24, 2.45) is 5.84 Å². The van der Waals surface area contributed by atoms with Crippen LogP contribution in [-0.2, 0) is 4.74 Å². The van der Waals surface area contributed by atoms with E-state index in [0.717, 1.165) is 19.4 Å². The van der Waals surface area contributed by atoms with Crippen molar-refractivity contribution in [1.82, 2.24) is 9.97 Å². The Balaban J connectivity index is 1.86. The van der Waals surface area contributed by atoms with E-state index in [0.29, 0.717) is 18.3 Å². The van der Waals surface area contributed by atoms with E-state index in [1.165, 1.54) is 6.33 Å². The maximum atomic E-state index is 5.46. The lowest BCUT2D eigenvalue weighted by Crippen LogP contribution is -2.17. The molecule has 0 radical (unpaired) electrons. The van der Waals surface area contributed by atoms with Crippen LogP contribution in [0.25, 0.3) is 0 Å². The third-order valence-electron chi connectivity index (χ3n) is 2.23. The largest absolute Gasteiger partial charge is 0.475 e. The van der Waals surface area contributed by atoms with Crippen molar-refractivity contribution >= 4 is 5.82 Å². The summed E-state index contributed by atoms with van der Waals surface area (Å²) in [5.74, 6) is 6.26. The molecule has 2 heterocycles. The Bertz CT molecular complexity index is 315. The molecule has 6 heteroatoms. The van der Waals surface area contributed by atoms with Crippen molar-refractivity contribution in [2.75, 3.05) is 18.6 Å². The molecule has 1 fully saturated rings. The average Bonchev–Trinajstić information content (AvgIpc) is 2.79. The van der Waals surface area contributed by atoms with Crippen molar-refractivity contribution in [2.45, 2.75) is 18.9 Å². The fraction of sp³-hybridized carbons (Fsp3) is 0.556. The van der Waals surface area contributed by atoms with Crippen LogP contribution in [0.4, 0.5) is 5.82 Å². The highest BCUT2D eigenvalue weighted by atomic mass is 16.5. The Morgan fingerprint density at radius 1 is 1.60 bits per heavy atom. The van der Waals surface area contributed by atoms with Gasteiger partial charge >= 0.3 is 0 Å². The highest BCUT2D eigenvalue weighted by Gasteiger charge is 2.16. The predicted octanol–water partition coefficient (Wildman–Crippen LogP) is 0.320. The fourth-order valence-electron chi connectivity index (χ4n) is 1.45. The minimum absolute atomic E-state index is 0.189. The number of nitrogens with two attached hydrogens (primary N) is 1. The molecule has 2 rings (SSSR count). The molecular weight excluding hydrogens is 196 g/mol. The Morgan fingerprint density at radius 3 is 3.27 bits per heavy atom. The summed E-state index contributed by atoms with van der Waals surface area (Å²) in [4.78, 5) is 7.84. The first-order valence-electron chi connectivity index (χ1n) is 4.91. The maximum absolute atomic E-state index is 5.46. The summed E-state index contributed by atoms with van der Waals surface area (Å²) in [6.07, 6.45) is 3.75. The van der Waals surface area contributed by atoms with Crippen LogP contribution in [0, 0.1) is 0 Å². The van der Waals surface area contributed by atoms with Crippen molar-refractivity contribution in [3.63, 3.8) is 0 Å². The minimum Gasteiger partial charge on any atom is -0.475 e. The topological polar surface area (TPSA) is 82.3 Å². The van der Waals surface area contributed by atoms with Crippen molar-refractivity contribution in [3.05, 3.63) is 12.4 Å². The van der Waals surface area contributed by atoms with Crippen LogP contribution in [0.2, 0.25) is 0 Å². The molecule has 6 nitrogen and oxygen atoms in total. The molecule has 1 saturated heterocycles. The van der Waals surface area contributed by atoms with Crippen LogP contribution >= 0.6 is 0 Å². The zero-order valence-electron chi connectivity index (χ0n) is 8.35. The second kappa shape index (κ2) is 4.90. The van der Waals surface area contributed by atoms with Gasteiger partial charge < -0.3 is 14.9 Å². The van der Waals surface area contributed by atoms with Crippen LogP contribution < -0.4 is 16.0 Å². The number of aromatic nitrogens is 2. The van der Waals surface area contributed by atoms with E-state index in [4.69, 9.17) is 15.3 Å². The van der Waals surface area contributed by atoms with Gasteiger partial charge in [-0.15, -0.1) is 0 Å². The molecule has 1 atom stereocenters. The monoisotopic (exact) mass is 210 g/mol. The Morgan fingerprint density at radius 2 is 2.53 bits per heavy atom. The normalized spacial score (nSPS) is 20.2. The first kappa shape index (κ1) is 10.1. The number of hydrazine groups is 1. The summed E-state index contributed by atoms with van der Waals surface area (Å²) in [6, 6.07) is 1.65. The summed E-state index contributed by atoms with van der Waals surface area (Å²) in [7, 11) is 0. The summed E-state index contributed by atoms with van der Waals surface area (Å²) < 4.78 is 10.9. The molecule has 0 aromatic carbocycles. The van der Waals surface area contributed by atoms with Gasteiger partial charge in [-0.25, -0.2) is 15.8 Å². The summed E-state index contributed by atoms with van der Waals surface area (Å²) in [5, 5.41) is 0. The maximum Gasteiger partial charge on any atom is 0.218 e. The molecule has 1 unspecified atom stereocenters. The zero-order valence-corrected chi connectivity index (χ0v) is 8.35. The third-order valence-corrected chi connectivity index (χ3v) is 2.23. The third kappa shape index (κ3) is 2.77. The molecule has 1 aromatic heterocycles. The van der Waals surface area contributed by atoms with Crippen LogP contribution in [0.15, 0.2) is 12.4 Å². The van der Waals surface area contributed by atoms with Gasteiger partial charge in [0, 0.05) is 12.7 Å². The van der Waals surface area contributed by atoms with Gasteiger partial charge in [0.15, 0.2) is 0 Å². The van der Waals surface area contributed by atoms with Crippen molar-refractivity contribution < 1.29 is 9.47 Å². The molecule has 0 amide bonds. The standard InChI is InChI=1S/C9H14N4O2/c10-13-8-4-9(12-6-11-8)15-5-7-2-1-3-14-7/h4,6-7H,1-3,5,10H2,(H,11,12,13). The number of nitrogens with one attached hydrogen (secondary N) is 1. The second-order valence-electron chi connectivity index (χ2n) is 3.33. The van der Waals surface area contributed by atoms with Crippen LogP contribution in [0.5, 0.6) is 5.88 Å². The molecule has 0 saturated carbocycles. The summed E-state index contributed by atoms with van der Waals surface area (Å²) in [6.45, 7) is 1.36. The van der Waals surface area contributed by atoms with Crippen molar-refractivity contribution in [1.29, 1.82) is 0 Å². The molecule has 1 aliphatic heterocycles. The Hall–Kier alpha value is -1.40. The minimum atomic E-state index is 0.189. The van der Waals surface area contributed by atoms with E-state index < -0.39 is 0 Å². The predicted molar refractivity (Wildman–Crippen MR) is 54.3 cm³/mol. The highest BCUT2D eigenvalue weighted by Crippen LogP contribution is 2.15. The van der Waals surface area contributed by atoms with Gasteiger partial charge in [-0.1, -0.05) is 0 Å². The fourth-order valence-corrected chi connectivity index (χ4v) is 1.45. The van der Waals surface area contributed by atoms with Gasteiger partial charge in [-0.3, -0.25) is 0 Å². The SMILES string of the molecule is NNc1cc(OCC2CCCO2)ncn1. The molecule has 82 valence electrons. The van der Waals surface area contributed by atoms with E-state index >= 15 is 0 Å². The van der Waals surface area contributed by atoms with E-state index in [2.05, 4.69) is 15.4 Å². The zero-order chi connectivity index (χ0) is 10.5.